The average Bonchev–Trinajstić information content (AvgIpc) is 3.56. The third-order valence-electron chi connectivity index (χ3n) is 5.28. The molecule has 0 unspecified atom stereocenters. The molecule has 2 heterocycles. The lowest BCUT2D eigenvalue weighted by Crippen LogP contribution is -2.23. The van der Waals surface area contributed by atoms with Crippen LogP contribution in [0.25, 0.3) is 0 Å². The van der Waals surface area contributed by atoms with E-state index < -0.39 is 0 Å². The van der Waals surface area contributed by atoms with Crippen LogP contribution in [0.3, 0.4) is 0 Å². The Kier molecular flexibility index (Phi) is 9.56. The van der Waals surface area contributed by atoms with Gasteiger partial charge in [-0.2, -0.15) is 0 Å². The Morgan fingerprint density at radius 3 is 2.55 bits per heavy atom. The Bertz CT molecular complexity index is 1360. The first-order valence-corrected chi connectivity index (χ1v) is 12.9. The summed E-state index contributed by atoms with van der Waals surface area (Å²) in [6.07, 6.45) is 2.14. The molecule has 0 bridgehead atoms. The summed E-state index contributed by atoms with van der Waals surface area (Å²) >= 11 is 7.21. The van der Waals surface area contributed by atoms with Gasteiger partial charge in [0.1, 0.15) is 10.8 Å². The van der Waals surface area contributed by atoms with Crippen molar-refractivity contribution in [3.05, 3.63) is 75.4 Å². The Hall–Kier alpha value is -4.07. The summed E-state index contributed by atoms with van der Waals surface area (Å²) in [5.41, 5.74) is 4.16. The molecule has 2 aromatic carbocycles. The summed E-state index contributed by atoms with van der Waals surface area (Å²) in [7, 11) is 0. The van der Waals surface area contributed by atoms with Crippen LogP contribution >= 0.6 is 22.9 Å². The van der Waals surface area contributed by atoms with Crippen molar-refractivity contribution in [3.8, 4) is 5.75 Å². The van der Waals surface area contributed by atoms with Gasteiger partial charge in [0.25, 0.3) is 0 Å². The second-order valence-electron chi connectivity index (χ2n) is 8.10. The van der Waals surface area contributed by atoms with E-state index in [4.69, 9.17) is 16.2 Å². The highest BCUT2D eigenvalue weighted by Gasteiger charge is 2.16. The second kappa shape index (κ2) is 13.5. The fraction of sp³-hybridized carbons (Fsp3) is 0.250. The lowest BCUT2D eigenvalue weighted by molar-refractivity contribution is -0.115. The van der Waals surface area contributed by atoms with Gasteiger partial charge in [0, 0.05) is 24.5 Å². The Labute approximate surface area is 226 Å². The summed E-state index contributed by atoms with van der Waals surface area (Å²) in [6.45, 7) is 0.925. The average molecular weight is 557 g/mol. The minimum Gasteiger partial charge on any atom is -0.508 e. The van der Waals surface area contributed by atoms with Gasteiger partial charge in [0.05, 0.1) is 6.42 Å². The highest BCUT2D eigenvalue weighted by molar-refractivity contribution is 7.15. The summed E-state index contributed by atoms with van der Waals surface area (Å²) in [5.74, 6) is 0.419. The molecule has 198 valence electrons. The van der Waals surface area contributed by atoms with E-state index in [0.29, 0.717) is 48.3 Å². The van der Waals surface area contributed by atoms with Crippen LogP contribution in [-0.4, -0.2) is 55.7 Å². The molecule has 0 saturated carbocycles. The standard InChI is InChI=1S/C24H25ClN8O4S/c25-17-7-3-15(4-8-17)11-13-27-22(31-36)21-23(33-37-32-21)26-12-1-2-20-29-30-24(38-20)28-19(35)14-16-5-9-18(34)10-6-16/h3-10,34,36H,1-2,11-14H2,(H,26,33)(H,27,31)(H,28,30,35). The third-order valence-corrected chi connectivity index (χ3v) is 6.43. The third kappa shape index (κ3) is 7.96. The van der Waals surface area contributed by atoms with Gasteiger partial charge in [-0.1, -0.05) is 47.2 Å². The van der Waals surface area contributed by atoms with E-state index >= 15 is 0 Å². The predicted molar refractivity (Wildman–Crippen MR) is 143 cm³/mol. The van der Waals surface area contributed by atoms with E-state index in [9.17, 15) is 15.1 Å². The van der Waals surface area contributed by atoms with E-state index in [-0.39, 0.29) is 29.6 Å². The van der Waals surface area contributed by atoms with Gasteiger partial charge in [-0.05, 0) is 58.5 Å². The maximum absolute atomic E-state index is 12.2. The highest BCUT2D eigenvalue weighted by atomic mass is 35.5. The molecular weight excluding hydrogens is 532 g/mol. The molecular formula is C24H25ClN8O4S. The number of carbonyl (C=O) groups is 1. The molecule has 2 aromatic heterocycles. The topological polar surface area (TPSA) is 171 Å². The van der Waals surface area contributed by atoms with E-state index in [2.05, 4.69) is 41.6 Å². The summed E-state index contributed by atoms with van der Waals surface area (Å²) in [6, 6.07) is 13.9. The lowest BCUT2D eigenvalue weighted by Gasteiger charge is -2.05. The summed E-state index contributed by atoms with van der Waals surface area (Å²) in [4.78, 5) is 16.6. The van der Waals surface area contributed by atoms with Crippen molar-refractivity contribution in [2.75, 3.05) is 23.7 Å². The number of aromatic hydroxyl groups is 1. The summed E-state index contributed by atoms with van der Waals surface area (Å²) in [5, 5.41) is 42.4. The van der Waals surface area contributed by atoms with Crippen molar-refractivity contribution in [2.24, 2.45) is 4.99 Å². The molecule has 38 heavy (non-hydrogen) atoms. The number of aryl methyl sites for hydroxylation is 1. The number of aromatic nitrogens is 4. The van der Waals surface area contributed by atoms with E-state index in [0.717, 1.165) is 16.1 Å². The number of phenols is 1. The molecule has 4 aromatic rings. The van der Waals surface area contributed by atoms with Crippen LogP contribution in [0.1, 0.15) is 28.2 Å². The van der Waals surface area contributed by atoms with Crippen LogP contribution < -0.4 is 16.1 Å². The molecule has 0 aliphatic heterocycles. The summed E-state index contributed by atoms with van der Waals surface area (Å²) < 4.78 is 4.83. The molecule has 12 nitrogen and oxygen atoms in total. The number of hydroxylamine groups is 1. The smallest absolute Gasteiger partial charge is 0.230 e. The first-order valence-electron chi connectivity index (χ1n) is 11.7. The van der Waals surface area contributed by atoms with Crippen molar-refractivity contribution in [2.45, 2.75) is 25.7 Å². The maximum Gasteiger partial charge on any atom is 0.230 e. The monoisotopic (exact) mass is 556 g/mol. The van der Waals surface area contributed by atoms with Crippen LogP contribution in [0.5, 0.6) is 5.75 Å². The maximum atomic E-state index is 12.2. The molecule has 0 aliphatic carbocycles. The van der Waals surface area contributed by atoms with Crippen molar-refractivity contribution < 1.29 is 19.7 Å². The van der Waals surface area contributed by atoms with Crippen LogP contribution in [0, 0.1) is 0 Å². The second-order valence-corrected chi connectivity index (χ2v) is 9.60. The Balaban J connectivity index is 1.21. The van der Waals surface area contributed by atoms with E-state index in [1.807, 2.05) is 24.3 Å². The number of amides is 1. The number of aliphatic imine (C=N–C) groups is 1. The van der Waals surface area contributed by atoms with Crippen LogP contribution in [-0.2, 0) is 24.1 Å². The van der Waals surface area contributed by atoms with Gasteiger partial charge in [0.15, 0.2) is 11.5 Å². The quantitative estimate of drug-likeness (QED) is 0.0753. The normalized spacial score (nSPS) is 11.4. The molecule has 0 saturated heterocycles. The van der Waals surface area contributed by atoms with Gasteiger partial charge in [0.2, 0.25) is 16.9 Å². The molecule has 14 heteroatoms. The van der Waals surface area contributed by atoms with Gasteiger partial charge in [-0.3, -0.25) is 20.5 Å². The van der Waals surface area contributed by atoms with Crippen molar-refractivity contribution in [3.63, 3.8) is 0 Å². The number of anilines is 2. The number of nitrogens with zero attached hydrogens (tertiary/aromatic N) is 5. The zero-order chi connectivity index (χ0) is 26.7. The van der Waals surface area contributed by atoms with Crippen molar-refractivity contribution in [1.29, 1.82) is 0 Å². The largest absolute Gasteiger partial charge is 0.508 e. The number of nitrogens with one attached hydrogen (secondary N) is 3. The van der Waals surface area contributed by atoms with Gasteiger partial charge < -0.3 is 15.7 Å². The molecule has 0 radical (unpaired) electrons. The zero-order valence-corrected chi connectivity index (χ0v) is 21.7. The number of phenolic OH excluding ortho intramolecular Hbond substituents is 1. The first-order chi connectivity index (χ1) is 18.5. The van der Waals surface area contributed by atoms with Crippen molar-refractivity contribution >= 4 is 45.6 Å². The number of rotatable bonds is 12. The zero-order valence-electron chi connectivity index (χ0n) is 20.1. The molecule has 0 aliphatic rings. The van der Waals surface area contributed by atoms with E-state index in [1.165, 1.54) is 23.5 Å². The molecule has 1 amide bonds. The van der Waals surface area contributed by atoms with Crippen LogP contribution in [0.4, 0.5) is 10.9 Å². The number of hydrogen-bond donors (Lipinski definition) is 5. The fourth-order valence-corrected chi connectivity index (χ4v) is 4.31. The molecule has 0 atom stereocenters. The molecule has 4 rings (SSSR count). The van der Waals surface area contributed by atoms with Crippen LogP contribution in [0.2, 0.25) is 5.02 Å². The Morgan fingerprint density at radius 1 is 1.03 bits per heavy atom. The SMILES string of the molecule is O=C(Cc1ccc(O)cc1)Nc1nnc(CCCNc2nonc2C(=NCCc2ccc(Cl)cc2)NO)s1. The number of amidine groups is 1. The molecule has 5 N–H and O–H groups in total. The molecule has 0 spiro atoms. The number of benzene rings is 2. The fourth-order valence-electron chi connectivity index (χ4n) is 3.39. The minimum atomic E-state index is -0.214. The minimum absolute atomic E-state index is 0.138. The van der Waals surface area contributed by atoms with Crippen LogP contribution in [0.15, 0.2) is 58.2 Å². The predicted octanol–water partition coefficient (Wildman–Crippen LogP) is 3.47. The Morgan fingerprint density at radius 2 is 1.79 bits per heavy atom. The first kappa shape index (κ1) is 27.0. The number of halogens is 1. The van der Waals surface area contributed by atoms with Gasteiger partial charge in [-0.15, -0.1) is 10.2 Å². The number of hydrogen-bond acceptors (Lipinski definition) is 11. The highest BCUT2D eigenvalue weighted by Crippen LogP contribution is 2.18. The van der Waals surface area contributed by atoms with Gasteiger partial charge >= 0.3 is 0 Å². The van der Waals surface area contributed by atoms with Gasteiger partial charge in [-0.25, -0.2) is 4.63 Å². The van der Waals surface area contributed by atoms with E-state index in [1.54, 1.807) is 12.1 Å². The lowest BCUT2D eigenvalue weighted by atomic mass is 10.1. The number of carbonyl (C=O) groups excluding carboxylic acids is 1. The molecule has 0 fully saturated rings. The van der Waals surface area contributed by atoms with Crippen molar-refractivity contribution in [1.82, 2.24) is 26.0 Å².